The molecule has 1 saturated carbocycles. The van der Waals surface area contributed by atoms with Crippen molar-refractivity contribution >= 4 is 21.3 Å². The molecule has 1 aromatic carbocycles. The molecule has 1 N–H and O–H groups in total. The normalized spacial score (nSPS) is 15.4. The van der Waals surface area contributed by atoms with Crippen LogP contribution in [0.25, 0.3) is 0 Å². The number of anilines is 2. The predicted molar refractivity (Wildman–Crippen MR) is 86.2 cm³/mol. The molecule has 1 aromatic heterocycles. The Bertz CT molecular complexity index is 782. The van der Waals surface area contributed by atoms with Crippen molar-refractivity contribution in [1.29, 1.82) is 0 Å². The zero-order valence-corrected chi connectivity index (χ0v) is 13.5. The van der Waals surface area contributed by atoms with Gasteiger partial charge in [0.15, 0.2) is 9.84 Å². The van der Waals surface area contributed by atoms with E-state index in [9.17, 15) is 8.42 Å². The quantitative estimate of drug-likeness (QED) is 0.937. The summed E-state index contributed by atoms with van der Waals surface area (Å²) in [5.74, 6) is 2.05. The number of benzene rings is 1. The van der Waals surface area contributed by atoms with Crippen LogP contribution >= 0.6 is 0 Å². The van der Waals surface area contributed by atoms with Crippen LogP contribution in [0.2, 0.25) is 0 Å². The van der Waals surface area contributed by atoms with Gasteiger partial charge in [0.1, 0.15) is 11.6 Å². The Morgan fingerprint density at radius 2 is 1.82 bits per heavy atom. The van der Waals surface area contributed by atoms with Crippen LogP contribution in [0.3, 0.4) is 0 Å². The minimum absolute atomic E-state index is 0.312. The van der Waals surface area contributed by atoms with Crippen LogP contribution in [0, 0.1) is 6.92 Å². The van der Waals surface area contributed by atoms with Crippen LogP contribution in [0.5, 0.6) is 0 Å². The fraction of sp³-hybridized carbons (Fsp3) is 0.375. The zero-order valence-electron chi connectivity index (χ0n) is 12.7. The maximum absolute atomic E-state index is 11.5. The highest BCUT2D eigenvalue weighted by Crippen LogP contribution is 2.36. The molecule has 6 heteroatoms. The van der Waals surface area contributed by atoms with Crippen LogP contribution < -0.4 is 5.32 Å². The smallest absolute Gasteiger partial charge is 0.175 e. The van der Waals surface area contributed by atoms with Crippen molar-refractivity contribution in [3.05, 3.63) is 41.9 Å². The fourth-order valence-corrected chi connectivity index (χ4v) is 3.13. The highest BCUT2D eigenvalue weighted by Gasteiger charge is 2.21. The number of rotatable bonds is 4. The maximum Gasteiger partial charge on any atom is 0.175 e. The Hall–Kier alpha value is -1.95. The number of aromatic nitrogens is 2. The van der Waals surface area contributed by atoms with Gasteiger partial charge in [0.2, 0.25) is 0 Å². The molecule has 116 valence electrons. The Kier molecular flexibility index (Phi) is 3.87. The summed E-state index contributed by atoms with van der Waals surface area (Å²) in [4.78, 5) is 9.23. The second-order valence-electron chi connectivity index (χ2n) is 5.77. The largest absolute Gasteiger partial charge is 0.340 e. The first kappa shape index (κ1) is 15.0. The summed E-state index contributed by atoms with van der Waals surface area (Å²) in [5, 5.41) is 3.22. The van der Waals surface area contributed by atoms with Crippen molar-refractivity contribution in [3.8, 4) is 0 Å². The number of hydrogen-bond donors (Lipinski definition) is 1. The van der Waals surface area contributed by atoms with Crippen molar-refractivity contribution < 1.29 is 8.42 Å². The highest BCUT2D eigenvalue weighted by atomic mass is 32.2. The first-order valence-corrected chi connectivity index (χ1v) is 9.24. The van der Waals surface area contributed by atoms with Gasteiger partial charge in [-0.1, -0.05) is 6.42 Å². The minimum Gasteiger partial charge on any atom is -0.340 e. The lowest BCUT2D eigenvalue weighted by Crippen LogP contribution is -2.12. The Morgan fingerprint density at radius 3 is 2.36 bits per heavy atom. The van der Waals surface area contributed by atoms with Gasteiger partial charge in [-0.25, -0.2) is 18.4 Å². The zero-order chi connectivity index (χ0) is 15.7. The minimum atomic E-state index is -3.17. The molecule has 0 atom stereocenters. The van der Waals surface area contributed by atoms with Gasteiger partial charge in [-0.3, -0.25) is 0 Å². The van der Waals surface area contributed by atoms with Gasteiger partial charge in [0.05, 0.1) is 4.90 Å². The summed E-state index contributed by atoms with van der Waals surface area (Å²) in [6.45, 7) is 1.89. The first-order valence-electron chi connectivity index (χ1n) is 7.34. The second kappa shape index (κ2) is 5.68. The first-order chi connectivity index (χ1) is 10.4. The van der Waals surface area contributed by atoms with Crippen molar-refractivity contribution in [3.63, 3.8) is 0 Å². The SMILES string of the molecule is Cc1nc(Nc2ccc(S(C)(=O)=O)cc2)cc(C2CCC2)n1. The van der Waals surface area contributed by atoms with Crippen LogP contribution in [-0.2, 0) is 9.84 Å². The second-order valence-corrected chi connectivity index (χ2v) is 7.79. The van der Waals surface area contributed by atoms with E-state index < -0.39 is 9.84 Å². The molecule has 0 radical (unpaired) electrons. The van der Waals surface area contributed by atoms with E-state index in [0.29, 0.717) is 10.8 Å². The number of sulfone groups is 1. The summed E-state index contributed by atoms with van der Waals surface area (Å²) in [5.41, 5.74) is 1.90. The van der Waals surface area contributed by atoms with Gasteiger partial charge in [0.25, 0.3) is 0 Å². The summed E-state index contributed by atoms with van der Waals surface area (Å²) >= 11 is 0. The van der Waals surface area contributed by atoms with E-state index in [-0.39, 0.29) is 0 Å². The molecule has 0 spiro atoms. The molecule has 1 aliphatic carbocycles. The molecule has 5 nitrogen and oxygen atoms in total. The maximum atomic E-state index is 11.5. The Morgan fingerprint density at radius 1 is 1.14 bits per heavy atom. The van der Waals surface area contributed by atoms with Crippen LogP contribution in [-0.4, -0.2) is 24.6 Å². The molecule has 0 bridgehead atoms. The molecule has 1 aliphatic rings. The van der Waals surface area contributed by atoms with E-state index in [0.717, 1.165) is 23.0 Å². The van der Waals surface area contributed by atoms with Gasteiger partial charge in [0, 0.05) is 29.6 Å². The predicted octanol–water partition coefficient (Wildman–Crippen LogP) is 3.20. The van der Waals surface area contributed by atoms with Gasteiger partial charge < -0.3 is 5.32 Å². The van der Waals surface area contributed by atoms with Gasteiger partial charge in [-0.2, -0.15) is 0 Å². The molecule has 0 amide bonds. The number of nitrogens with one attached hydrogen (secondary N) is 1. The molecule has 2 aromatic rings. The molecule has 1 fully saturated rings. The van der Waals surface area contributed by atoms with E-state index in [1.807, 2.05) is 13.0 Å². The van der Waals surface area contributed by atoms with Crippen molar-refractivity contribution in [2.24, 2.45) is 0 Å². The third-order valence-corrected chi connectivity index (χ3v) is 5.06. The Labute approximate surface area is 130 Å². The standard InChI is InChI=1S/C16H19N3O2S/c1-11-17-15(12-4-3-5-12)10-16(18-11)19-13-6-8-14(9-7-13)22(2,20)21/h6-10,12H,3-5H2,1-2H3,(H,17,18,19). The highest BCUT2D eigenvalue weighted by molar-refractivity contribution is 7.90. The molecule has 0 unspecified atom stereocenters. The molecule has 3 rings (SSSR count). The monoisotopic (exact) mass is 317 g/mol. The molecular formula is C16H19N3O2S. The van der Waals surface area contributed by atoms with Crippen molar-refractivity contribution in [1.82, 2.24) is 9.97 Å². The lowest BCUT2D eigenvalue weighted by atomic mass is 9.83. The fourth-order valence-electron chi connectivity index (χ4n) is 2.50. The molecule has 22 heavy (non-hydrogen) atoms. The third-order valence-electron chi connectivity index (χ3n) is 3.94. The van der Waals surface area contributed by atoms with E-state index in [1.54, 1.807) is 24.3 Å². The summed E-state index contributed by atoms with van der Waals surface area (Å²) < 4.78 is 22.9. The molecule has 1 heterocycles. The van der Waals surface area contributed by atoms with Crippen molar-refractivity contribution in [2.75, 3.05) is 11.6 Å². The van der Waals surface area contributed by atoms with Crippen LogP contribution in [0.1, 0.15) is 36.7 Å². The third kappa shape index (κ3) is 3.27. The van der Waals surface area contributed by atoms with Gasteiger partial charge in [-0.05, 0) is 44.0 Å². The number of aryl methyl sites for hydroxylation is 1. The molecule has 0 aliphatic heterocycles. The lowest BCUT2D eigenvalue weighted by Gasteiger charge is -2.25. The summed E-state index contributed by atoms with van der Waals surface area (Å²) in [6, 6.07) is 8.67. The summed E-state index contributed by atoms with van der Waals surface area (Å²) in [7, 11) is -3.17. The van der Waals surface area contributed by atoms with Gasteiger partial charge >= 0.3 is 0 Å². The molecule has 0 saturated heterocycles. The molecular weight excluding hydrogens is 298 g/mol. The summed E-state index contributed by atoms with van der Waals surface area (Å²) in [6.07, 6.45) is 4.86. The van der Waals surface area contributed by atoms with E-state index >= 15 is 0 Å². The number of nitrogens with zero attached hydrogens (tertiary/aromatic N) is 2. The van der Waals surface area contributed by atoms with Crippen LogP contribution in [0.15, 0.2) is 35.2 Å². The van der Waals surface area contributed by atoms with Crippen LogP contribution in [0.4, 0.5) is 11.5 Å². The lowest BCUT2D eigenvalue weighted by molar-refractivity contribution is 0.410. The average Bonchev–Trinajstić information content (AvgIpc) is 2.35. The van der Waals surface area contributed by atoms with Crippen molar-refractivity contribution in [2.45, 2.75) is 37.0 Å². The van der Waals surface area contributed by atoms with E-state index in [2.05, 4.69) is 15.3 Å². The average molecular weight is 317 g/mol. The Balaban J connectivity index is 1.82. The topological polar surface area (TPSA) is 72.0 Å². The number of hydrogen-bond acceptors (Lipinski definition) is 5. The van der Waals surface area contributed by atoms with E-state index in [1.165, 1.54) is 25.5 Å². The van der Waals surface area contributed by atoms with Gasteiger partial charge in [-0.15, -0.1) is 0 Å². The van der Waals surface area contributed by atoms with E-state index in [4.69, 9.17) is 0 Å².